The number of aryl methyl sites for hydroxylation is 2. The first-order chi connectivity index (χ1) is 10.4. The van der Waals surface area contributed by atoms with Gasteiger partial charge in [0.1, 0.15) is 5.75 Å². The maximum atomic E-state index is 12.8. The largest absolute Gasteiger partial charge is 0.480 e. The Bertz CT molecular complexity index is 500. The fraction of sp³-hybridized carbons (Fsp3) is 0.611. The van der Waals surface area contributed by atoms with Gasteiger partial charge in [0.15, 0.2) is 6.10 Å². The lowest BCUT2D eigenvalue weighted by Crippen LogP contribution is -2.49. The number of carbonyl (C=O) groups is 1. The van der Waals surface area contributed by atoms with E-state index in [-0.39, 0.29) is 17.9 Å². The Morgan fingerprint density at radius 1 is 1.18 bits per heavy atom. The number of nitrogens with two attached hydrogens (primary N) is 1. The summed E-state index contributed by atoms with van der Waals surface area (Å²) in [6, 6.07) is 6.30. The maximum absolute atomic E-state index is 12.8. The van der Waals surface area contributed by atoms with Crippen LogP contribution in [0.2, 0.25) is 0 Å². The van der Waals surface area contributed by atoms with Crippen molar-refractivity contribution in [2.75, 3.05) is 13.1 Å². The quantitative estimate of drug-likeness (QED) is 0.930. The molecule has 0 aliphatic carbocycles. The molecule has 22 heavy (non-hydrogen) atoms. The van der Waals surface area contributed by atoms with Crippen LogP contribution in [-0.4, -0.2) is 36.0 Å². The summed E-state index contributed by atoms with van der Waals surface area (Å²) in [6.45, 7) is 9.61. The third kappa shape index (κ3) is 4.23. The Kier molecular flexibility index (Phi) is 5.46. The predicted molar refractivity (Wildman–Crippen MR) is 89.0 cm³/mol. The fourth-order valence-corrected chi connectivity index (χ4v) is 2.92. The molecule has 1 saturated heterocycles. The van der Waals surface area contributed by atoms with Gasteiger partial charge in [-0.15, -0.1) is 0 Å². The minimum Gasteiger partial charge on any atom is -0.480 e. The average Bonchev–Trinajstić information content (AvgIpc) is 2.43. The summed E-state index contributed by atoms with van der Waals surface area (Å²) in [4.78, 5) is 14.7. The van der Waals surface area contributed by atoms with E-state index >= 15 is 0 Å². The maximum Gasteiger partial charge on any atom is 0.263 e. The van der Waals surface area contributed by atoms with Crippen molar-refractivity contribution in [2.45, 2.75) is 52.7 Å². The molecule has 0 bridgehead atoms. The van der Waals surface area contributed by atoms with Crippen molar-refractivity contribution in [3.63, 3.8) is 0 Å². The molecule has 0 radical (unpaired) electrons. The second kappa shape index (κ2) is 7.14. The van der Waals surface area contributed by atoms with Gasteiger partial charge in [-0.05, 0) is 55.9 Å². The Labute approximate surface area is 133 Å². The topological polar surface area (TPSA) is 55.6 Å². The molecule has 1 fully saturated rings. The summed E-state index contributed by atoms with van der Waals surface area (Å²) in [5.74, 6) is 0.989. The van der Waals surface area contributed by atoms with Gasteiger partial charge in [0.05, 0.1) is 0 Å². The van der Waals surface area contributed by atoms with Gasteiger partial charge < -0.3 is 15.4 Å². The van der Waals surface area contributed by atoms with Gasteiger partial charge in [0, 0.05) is 19.1 Å². The van der Waals surface area contributed by atoms with E-state index in [4.69, 9.17) is 10.5 Å². The molecule has 2 N–H and O–H groups in total. The lowest BCUT2D eigenvalue weighted by atomic mass is 10.0. The molecule has 1 unspecified atom stereocenters. The Morgan fingerprint density at radius 3 is 2.23 bits per heavy atom. The van der Waals surface area contributed by atoms with Crippen molar-refractivity contribution in [1.82, 2.24) is 4.90 Å². The van der Waals surface area contributed by atoms with Crippen molar-refractivity contribution in [1.29, 1.82) is 0 Å². The Hall–Kier alpha value is -1.55. The summed E-state index contributed by atoms with van der Waals surface area (Å²) in [6.07, 6.45) is 1.32. The zero-order valence-corrected chi connectivity index (χ0v) is 14.1. The molecule has 0 saturated carbocycles. The minimum absolute atomic E-state index is 0.0843. The van der Waals surface area contributed by atoms with E-state index in [1.807, 2.05) is 44.7 Å². The van der Waals surface area contributed by atoms with E-state index in [0.717, 1.165) is 42.8 Å². The summed E-state index contributed by atoms with van der Waals surface area (Å²) >= 11 is 0. The van der Waals surface area contributed by atoms with Crippen LogP contribution in [0.25, 0.3) is 0 Å². The second-order valence-electron chi connectivity index (χ2n) is 6.77. The number of rotatable bonds is 4. The predicted octanol–water partition coefficient (Wildman–Crippen LogP) is 2.66. The summed E-state index contributed by atoms with van der Waals surface area (Å²) < 4.78 is 6.06. The normalized spacial score (nSPS) is 17.6. The molecule has 2 rings (SSSR count). The second-order valence-corrected chi connectivity index (χ2v) is 6.77. The number of carbonyl (C=O) groups excluding carboxylic acids is 1. The molecule has 1 aliphatic rings. The number of benzene rings is 1. The molecule has 4 heteroatoms. The van der Waals surface area contributed by atoms with E-state index < -0.39 is 6.10 Å². The zero-order chi connectivity index (χ0) is 16.3. The van der Waals surface area contributed by atoms with Crippen LogP contribution < -0.4 is 10.5 Å². The highest BCUT2D eigenvalue weighted by atomic mass is 16.5. The summed E-state index contributed by atoms with van der Waals surface area (Å²) in [5.41, 5.74) is 8.21. The molecule has 4 nitrogen and oxygen atoms in total. The molecule has 1 heterocycles. The van der Waals surface area contributed by atoms with E-state index in [9.17, 15) is 4.79 Å². The van der Waals surface area contributed by atoms with Gasteiger partial charge in [0.2, 0.25) is 0 Å². The molecule has 1 aliphatic heterocycles. The van der Waals surface area contributed by atoms with Gasteiger partial charge in [-0.2, -0.15) is 0 Å². The van der Waals surface area contributed by atoms with Crippen LogP contribution in [0.5, 0.6) is 5.75 Å². The Morgan fingerprint density at radius 2 is 1.73 bits per heavy atom. The number of amides is 1. The van der Waals surface area contributed by atoms with Crippen molar-refractivity contribution in [2.24, 2.45) is 11.7 Å². The highest BCUT2D eigenvalue weighted by Crippen LogP contribution is 2.22. The van der Waals surface area contributed by atoms with E-state index in [1.165, 1.54) is 0 Å². The first kappa shape index (κ1) is 16.8. The minimum atomic E-state index is -0.435. The SMILES string of the molecule is Cc1cc(C)cc(OC(C(=O)N2CCC(N)CC2)C(C)C)c1. The molecule has 0 spiro atoms. The van der Waals surface area contributed by atoms with Gasteiger partial charge >= 0.3 is 0 Å². The molecule has 0 aromatic heterocycles. The van der Waals surface area contributed by atoms with Crippen molar-refractivity contribution in [3.8, 4) is 5.75 Å². The lowest BCUT2D eigenvalue weighted by molar-refractivity contribution is -0.141. The van der Waals surface area contributed by atoms with E-state index in [0.29, 0.717) is 0 Å². The van der Waals surface area contributed by atoms with Crippen molar-refractivity contribution >= 4 is 5.91 Å². The zero-order valence-electron chi connectivity index (χ0n) is 14.1. The first-order valence-corrected chi connectivity index (χ1v) is 8.16. The van der Waals surface area contributed by atoms with Crippen molar-refractivity contribution in [3.05, 3.63) is 29.3 Å². The van der Waals surface area contributed by atoms with Gasteiger partial charge in [-0.25, -0.2) is 0 Å². The lowest BCUT2D eigenvalue weighted by Gasteiger charge is -2.34. The molecular weight excluding hydrogens is 276 g/mol. The summed E-state index contributed by atoms with van der Waals surface area (Å²) in [7, 11) is 0. The van der Waals surface area contributed by atoms with Gasteiger partial charge in [0.25, 0.3) is 5.91 Å². The highest BCUT2D eigenvalue weighted by Gasteiger charge is 2.31. The number of hydrogen-bond donors (Lipinski definition) is 1. The van der Waals surface area contributed by atoms with Crippen LogP contribution in [0.15, 0.2) is 18.2 Å². The van der Waals surface area contributed by atoms with Crippen molar-refractivity contribution < 1.29 is 9.53 Å². The highest BCUT2D eigenvalue weighted by molar-refractivity contribution is 5.81. The van der Waals surface area contributed by atoms with Crippen LogP contribution in [-0.2, 0) is 4.79 Å². The van der Waals surface area contributed by atoms with Crippen LogP contribution >= 0.6 is 0 Å². The molecule has 1 atom stereocenters. The van der Waals surface area contributed by atoms with Crippen LogP contribution in [0.4, 0.5) is 0 Å². The molecule has 1 aromatic rings. The number of ether oxygens (including phenoxy) is 1. The van der Waals surface area contributed by atoms with Gasteiger partial charge in [-0.3, -0.25) is 4.79 Å². The van der Waals surface area contributed by atoms with Crippen LogP contribution in [0.3, 0.4) is 0 Å². The third-order valence-electron chi connectivity index (χ3n) is 4.16. The monoisotopic (exact) mass is 304 g/mol. The first-order valence-electron chi connectivity index (χ1n) is 8.16. The standard InChI is InChI=1S/C18H28N2O2/c1-12(2)17(18(21)20-7-5-15(19)6-8-20)22-16-10-13(3)9-14(4)11-16/h9-12,15,17H,5-8,19H2,1-4H3. The fourth-order valence-electron chi connectivity index (χ4n) is 2.92. The molecule has 1 amide bonds. The molecule has 1 aromatic carbocycles. The molecule has 122 valence electrons. The van der Waals surface area contributed by atoms with Crippen LogP contribution in [0, 0.1) is 19.8 Å². The number of likely N-dealkylation sites (tertiary alicyclic amines) is 1. The molecular formula is C18H28N2O2. The number of hydrogen-bond acceptors (Lipinski definition) is 3. The number of piperidine rings is 1. The summed E-state index contributed by atoms with van der Waals surface area (Å²) in [5, 5.41) is 0. The smallest absolute Gasteiger partial charge is 0.263 e. The average molecular weight is 304 g/mol. The van der Waals surface area contributed by atoms with Gasteiger partial charge in [-0.1, -0.05) is 19.9 Å². The van der Waals surface area contributed by atoms with Crippen LogP contribution in [0.1, 0.15) is 37.8 Å². The van der Waals surface area contributed by atoms with E-state index in [2.05, 4.69) is 6.07 Å². The Balaban J connectivity index is 2.10. The van der Waals surface area contributed by atoms with E-state index in [1.54, 1.807) is 0 Å². The third-order valence-corrected chi connectivity index (χ3v) is 4.16. The number of nitrogens with zero attached hydrogens (tertiary/aromatic N) is 1.